The molecule has 1 saturated carbocycles. The van der Waals surface area contributed by atoms with Gasteiger partial charge in [-0.3, -0.25) is 9.59 Å². The van der Waals surface area contributed by atoms with Gasteiger partial charge in [0.05, 0.1) is 0 Å². The Bertz CT molecular complexity index is 421. The molecule has 0 N–H and O–H groups in total. The molecule has 1 aliphatic carbocycles. The molecule has 0 aromatic heterocycles. The highest BCUT2D eigenvalue weighted by Gasteiger charge is 2.46. The van der Waals surface area contributed by atoms with Crippen molar-refractivity contribution in [1.82, 2.24) is 14.7 Å². The highest BCUT2D eigenvalue weighted by atomic mass is 16.2. The molecule has 3 rings (SSSR count). The second-order valence-corrected chi connectivity index (χ2v) is 7.05. The minimum atomic E-state index is -0.0527. The zero-order valence-corrected chi connectivity index (χ0v) is 12.6. The van der Waals surface area contributed by atoms with Crippen molar-refractivity contribution in [3.63, 3.8) is 0 Å². The molecule has 1 spiro atoms. The molecule has 3 fully saturated rings. The summed E-state index contributed by atoms with van der Waals surface area (Å²) in [5, 5.41) is 0. The van der Waals surface area contributed by atoms with Crippen molar-refractivity contribution in [2.75, 3.05) is 46.3 Å². The fraction of sp³-hybridized carbons (Fsp3) is 0.867. The lowest BCUT2D eigenvalue weighted by Crippen LogP contribution is -2.44. The van der Waals surface area contributed by atoms with Crippen molar-refractivity contribution in [3.05, 3.63) is 0 Å². The SMILES string of the molecule is CC(=O)N1CCN(CC2CC2)C[C@]2(CC(=O)N(C)C2)C1. The Morgan fingerprint density at radius 3 is 2.55 bits per heavy atom. The summed E-state index contributed by atoms with van der Waals surface area (Å²) in [6.07, 6.45) is 3.28. The first kappa shape index (κ1) is 13.9. The van der Waals surface area contributed by atoms with Crippen LogP contribution in [0.5, 0.6) is 0 Å². The van der Waals surface area contributed by atoms with E-state index in [-0.39, 0.29) is 17.2 Å². The van der Waals surface area contributed by atoms with E-state index in [9.17, 15) is 9.59 Å². The number of amides is 2. The Balaban J connectivity index is 1.77. The van der Waals surface area contributed by atoms with Crippen LogP contribution in [-0.4, -0.2) is 72.8 Å². The largest absolute Gasteiger partial charge is 0.345 e. The van der Waals surface area contributed by atoms with Crippen molar-refractivity contribution >= 4 is 11.8 Å². The van der Waals surface area contributed by atoms with Gasteiger partial charge in [-0.05, 0) is 18.8 Å². The van der Waals surface area contributed by atoms with E-state index in [2.05, 4.69) is 4.90 Å². The molecule has 2 amide bonds. The lowest BCUT2D eigenvalue weighted by atomic mass is 9.86. The topological polar surface area (TPSA) is 43.9 Å². The normalized spacial score (nSPS) is 32.0. The molecule has 0 bridgehead atoms. The van der Waals surface area contributed by atoms with Crippen LogP contribution in [0.2, 0.25) is 0 Å². The fourth-order valence-corrected chi connectivity index (χ4v) is 3.75. The summed E-state index contributed by atoms with van der Waals surface area (Å²) >= 11 is 0. The zero-order valence-electron chi connectivity index (χ0n) is 12.6. The Morgan fingerprint density at radius 2 is 2.00 bits per heavy atom. The number of hydrogen-bond acceptors (Lipinski definition) is 3. The van der Waals surface area contributed by atoms with E-state index in [0.29, 0.717) is 6.42 Å². The lowest BCUT2D eigenvalue weighted by Gasteiger charge is -2.33. The van der Waals surface area contributed by atoms with Gasteiger partial charge in [0.1, 0.15) is 0 Å². The maximum atomic E-state index is 12.0. The van der Waals surface area contributed by atoms with E-state index in [1.54, 1.807) is 6.92 Å². The van der Waals surface area contributed by atoms with E-state index in [0.717, 1.165) is 45.2 Å². The average Bonchev–Trinajstić information content (AvgIpc) is 3.13. The fourth-order valence-electron chi connectivity index (χ4n) is 3.75. The summed E-state index contributed by atoms with van der Waals surface area (Å²) < 4.78 is 0. The Morgan fingerprint density at radius 1 is 1.25 bits per heavy atom. The first-order chi connectivity index (χ1) is 9.47. The van der Waals surface area contributed by atoms with Crippen molar-refractivity contribution in [3.8, 4) is 0 Å². The predicted molar refractivity (Wildman–Crippen MR) is 76.1 cm³/mol. The maximum absolute atomic E-state index is 12.0. The lowest BCUT2D eigenvalue weighted by molar-refractivity contribution is -0.130. The molecule has 3 aliphatic rings. The van der Waals surface area contributed by atoms with Crippen molar-refractivity contribution in [1.29, 1.82) is 0 Å². The number of hydrogen-bond donors (Lipinski definition) is 0. The van der Waals surface area contributed by atoms with Crippen LogP contribution < -0.4 is 0 Å². The Labute approximate surface area is 120 Å². The molecule has 1 atom stereocenters. The van der Waals surface area contributed by atoms with Gasteiger partial charge in [0, 0.05) is 65.1 Å². The number of likely N-dealkylation sites (tertiary alicyclic amines) is 1. The molecular formula is C15H25N3O2. The van der Waals surface area contributed by atoms with Gasteiger partial charge < -0.3 is 14.7 Å². The first-order valence-electron chi connectivity index (χ1n) is 7.69. The van der Waals surface area contributed by atoms with E-state index >= 15 is 0 Å². The third kappa shape index (κ3) is 2.82. The van der Waals surface area contributed by atoms with Gasteiger partial charge in [0.15, 0.2) is 0 Å². The molecule has 5 heteroatoms. The van der Waals surface area contributed by atoms with Gasteiger partial charge in [0.25, 0.3) is 0 Å². The van der Waals surface area contributed by atoms with E-state index in [1.807, 2.05) is 16.8 Å². The Hall–Kier alpha value is -1.10. The molecule has 2 aliphatic heterocycles. The summed E-state index contributed by atoms with van der Waals surface area (Å²) in [6.45, 7) is 7.04. The molecule has 0 aromatic carbocycles. The number of carbonyl (C=O) groups is 2. The third-order valence-corrected chi connectivity index (χ3v) is 4.95. The molecule has 2 saturated heterocycles. The first-order valence-corrected chi connectivity index (χ1v) is 7.69. The van der Waals surface area contributed by atoms with Crippen LogP contribution in [0.4, 0.5) is 0 Å². The van der Waals surface area contributed by atoms with Crippen LogP contribution in [0.25, 0.3) is 0 Å². The smallest absolute Gasteiger partial charge is 0.223 e. The molecule has 0 unspecified atom stereocenters. The third-order valence-electron chi connectivity index (χ3n) is 4.95. The van der Waals surface area contributed by atoms with Gasteiger partial charge in [-0.15, -0.1) is 0 Å². The second kappa shape index (κ2) is 5.02. The predicted octanol–water partition coefficient (Wildman–Crippen LogP) is 0.409. The van der Waals surface area contributed by atoms with Crippen LogP contribution in [-0.2, 0) is 9.59 Å². The monoisotopic (exact) mass is 279 g/mol. The van der Waals surface area contributed by atoms with Gasteiger partial charge in [-0.25, -0.2) is 0 Å². The quantitative estimate of drug-likeness (QED) is 0.735. The molecule has 5 nitrogen and oxygen atoms in total. The maximum Gasteiger partial charge on any atom is 0.223 e. The van der Waals surface area contributed by atoms with E-state index < -0.39 is 0 Å². The molecule has 0 aromatic rings. The van der Waals surface area contributed by atoms with E-state index in [4.69, 9.17) is 0 Å². The Kier molecular flexibility index (Phi) is 3.48. The van der Waals surface area contributed by atoms with Gasteiger partial charge in [0.2, 0.25) is 11.8 Å². The van der Waals surface area contributed by atoms with Gasteiger partial charge >= 0.3 is 0 Å². The molecule has 0 radical (unpaired) electrons. The molecular weight excluding hydrogens is 254 g/mol. The van der Waals surface area contributed by atoms with Crippen molar-refractivity contribution < 1.29 is 9.59 Å². The van der Waals surface area contributed by atoms with Crippen LogP contribution in [0, 0.1) is 11.3 Å². The average molecular weight is 279 g/mol. The zero-order chi connectivity index (χ0) is 14.3. The van der Waals surface area contributed by atoms with E-state index in [1.165, 1.54) is 12.8 Å². The highest BCUT2D eigenvalue weighted by molar-refractivity contribution is 5.79. The number of carbonyl (C=O) groups excluding carboxylic acids is 2. The minimum Gasteiger partial charge on any atom is -0.345 e. The number of nitrogens with zero attached hydrogens (tertiary/aromatic N) is 3. The van der Waals surface area contributed by atoms with Crippen LogP contribution in [0.15, 0.2) is 0 Å². The summed E-state index contributed by atoms with van der Waals surface area (Å²) in [5.41, 5.74) is -0.0527. The molecule has 20 heavy (non-hydrogen) atoms. The van der Waals surface area contributed by atoms with Crippen LogP contribution in [0.3, 0.4) is 0 Å². The van der Waals surface area contributed by atoms with Crippen molar-refractivity contribution in [2.24, 2.45) is 11.3 Å². The van der Waals surface area contributed by atoms with Gasteiger partial charge in [-0.2, -0.15) is 0 Å². The van der Waals surface area contributed by atoms with Crippen LogP contribution in [0.1, 0.15) is 26.2 Å². The summed E-state index contributed by atoms with van der Waals surface area (Å²) in [4.78, 5) is 30.1. The molecule has 112 valence electrons. The summed E-state index contributed by atoms with van der Waals surface area (Å²) in [5.74, 6) is 1.21. The summed E-state index contributed by atoms with van der Waals surface area (Å²) in [7, 11) is 1.88. The highest BCUT2D eigenvalue weighted by Crippen LogP contribution is 2.36. The second-order valence-electron chi connectivity index (χ2n) is 7.05. The van der Waals surface area contributed by atoms with Gasteiger partial charge in [-0.1, -0.05) is 0 Å². The van der Waals surface area contributed by atoms with Crippen molar-refractivity contribution in [2.45, 2.75) is 26.2 Å². The number of rotatable bonds is 2. The standard InChI is InChI=1S/C15H25N3O2/c1-12(19)18-6-5-17(8-13-3-4-13)10-15(11-18)7-14(20)16(2)9-15/h13H,3-11H2,1-2H3/t15-/m1/s1. The minimum absolute atomic E-state index is 0.0527. The van der Waals surface area contributed by atoms with Crippen LogP contribution >= 0.6 is 0 Å². The molecule has 2 heterocycles. The summed E-state index contributed by atoms with van der Waals surface area (Å²) in [6, 6.07) is 0.